The molecule has 1 spiro atoms. The Bertz CT molecular complexity index is 872. The average molecular weight is 397 g/mol. The Labute approximate surface area is 169 Å². The van der Waals surface area contributed by atoms with E-state index in [9.17, 15) is 4.79 Å². The third-order valence-electron chi connectivity index (χ3n) is 5.91. The number of amides is 1. The van der Waals surface area contributed by atoms with Crippen LogP contribution in [-0.4, -0.2) is 44.8 Å². The topological polar surface area (TPSA) is 70.5 Å². The molecule has 29 heavy (non-hydrogen) atoms. The van der Waals surface area contributed by atoms with E-state index in [4.69, 9.17) is 18.9 Å². The Morgan fingerprint density at radius 1 is 0.966 bits per heavy atom. The summed E-state index contributed by atoms with van der Waals surface area (Å²) in [4.78, 5) is 14.6. The van der Waals surface area contributed by atoms with Crippen molar-refractivity contribution < 1.29 is 28.6 Å². The number of likely N-dealkylation sites (tertiary alicyclic amines) is 1. The molecule has 7 nitrogen and oxygen atoms in total. The van der Waals surface area contributed by atoms with Crippen LogP contribution < -0.4 is 19.7 Å². The van der Waals surface area contributed by atoms with E-state index < -0.39 is 5.79 Å². The van der Waals surface area contributed by atoms with Crippen LogP contribution in [0.4, 0.5) is 5.69 Å². The van der Waals surface area contributed by atoms with Crippen LogP contribution >= 0.6 is 0 Å². The number of nitrogens with one attached hydrogen (secondary N) is 2. The number of fused-ring (bicyclic) bond motifs is 1. The van der Waals surface area contributed by atoms with Gasteiger partial charge in [-0.1, -0.05) is 30.3 Å². The fraction of sp³-hybridized carbons (Fsp3) is 0.409. The monoisotopic (exact) mass is 397 g/mol. The van der Waals surface area contributed by atoms with Crippen molar-refractivity contribution in [2.75, 3.05) is 38.4 Å². The number of hydrogen-bond acceptors (Lipinski definition) is 5. The van der Waals surface area contributed by atoms with E-state index in [0.29, 0.717) is 30.4 Å². The number of rotatable bonds is 4. The number of carbonyl (C=O) groups is 1. The first-order chi connectivity index (χ1) is 14.2. The number of ether oxygens (including phenoxy) is 4. The summed E-state index contributed by atoms with van der Waals surface area (Å²) in [5.74, 6) is 0.876. The minimum absolute atomic E-state index is 0.0331. The number of piperidine rings is 1. The Kier molecular flexibility index (Phi) is 4.87. The molecule has 5 rings (SSSR count). The molecule has 3 heterocycles. The molecule has 2 aromatic rings. The zero-order chi connectivity index (χ0) is 19.7. The molecular formula is C22H25N2O5+. The van der Waals surface area contributed by atoms with E-state index in [1.54, 1.807) is 0 Å². The Morgan fingerprint density at radius 2 is 1.69 bits per heavy atom. The summed E-state index contributed by atoms with van der Waals surface area (Å²) in [6.07, 6.45) is 1.59. The second kappa shape index (κ2) is 7.67. The van der Waals surface area contributed by atoms with Crippen molar-refractivity contribution in [2.24, 2.45) is 0 Å². The smallest absolute Gasteiger partial charge is 0.287 e. The Balaban J connectivity index is 1.35. The van der Waals surface area contributed by atoms with Gasteiger partial charge in [0.2, 0.25) is 6.79 Å². The lowest BCUT2D eigenvalue weighted by atomic mass is 9.97. The van der Waals surface area contributed by atoms with Crippen molar-refractivity contribution in [3.05, 3.63) is 54.1 Å². The van der Waals surface area contributed by atoms with Gasteiger partial charge in [0.1, 0.15) is 0 Å². The molecule has 2 N–H and O–H groups in total. The molecule has 3 aliphatic heterocycles. The SMILES string of the molecule is O=C(Nc1ccc2c(c1)OCO2)C(c1ccccc1)[NH+]1CCC2(CC1)OCCO2. The molecule has 1 unspecified atom stereocenters. The molecule has 2 aromatic carbocycles. The van der Waals surface area contributed by atoms with Gasteiger partial charge in [-0.25, -0.2) is 0 Å². The number of carbonyl (C=O) groups excluding carboxylic acids is 1. The number of hydrogen-bond donors (Lipinski definition) is 2. The molecule has 0 saturated carbocycles. The lowest BCUT2D eigenvalue weighted by molar-refractivity contribution is -0.930. The summed E-state index contributed by atoms with van der Waals surface area (Å²) in [6.45, 7) is 3.15. The number of anilines is 1. The maximum atomic E-state index is 13.4. The second-order valence-electron chi connectivity index (χ2n) is 7.67. The minimum atomic E-state index is -0.446. The molecule has 0 bridgehead atoms. The van der Waals surface area contributed by atoms with Gasteiger partial charge in [0.25, 0.3) is 5.91 Å². The highest BCUT2D eigenvalue weighted by atomic mass is 16.7. The van der Waals surface area contributed by atoms with Crippen LogP contribution in [0.3, 0.4) is 0 Å². The van der Waals surface area contributed by atoms with Gasteiger partial charge in [0.05, 0.1) is 39.1 Å². The standard InChI is InChI=1S/C22H24N2O5/c25-21(23-17-6-7-18-19(14-17)27-15-26-18)20(16-4-2-1-3-5-16)24-10-8-22(9-11-24)28-12-13-29-22/h1-7,14,20H,8-13,15H2,(H,23,25)/p+1. The van der Waals surface area contributed by atoms with E-state index in [1.165, 1.54) is 4.90 Å². The summed E-state index contributed by atoms with van der Waals surface area (Å²) < 4.78 is 22.5. The highest BCUT2D eigenvalue weighted by molar-refractivity contribution is 5.95. The summed E-state index contributed by atoms with van der Waals surface area (Å²) in [6, 6.07) is 15.1. The van der Waals surface area contributed by atoms with Gasteiger partial charge in [0.15, 0.2) is 23.3 Å². The Hall–Kier alpha value is -2.61. The van der Waals surface area contributed by atoms with E-state index in [2.05, 4.69) is 5.32 Å². The van der Waals surface area contributed by atoms with Crippen LogP contribution in [0.1, 0.15) is 24.4 Å². The van der Waals surface area contributed by atoms with Crippen molar-refractivity contribution in [3.8, 4) is 11.5 Å². The van der Waals surface area contributed by atoms with Crippen LogP contribution in [-0.2, 0) is 14.3 Å². The molecule has 2 fully saturated rings. The average Bonchev–Trinajstić information content (AvgIpc) is 3.40. The summed E-state index contributed by atoms with van der Waals surface area (Å²) in [5.41, 5.74) is 1.71. The van der Waals surface area contributed by atoms with Crippen LogP contribution in [0, 0.1) is 0 Å². The summed E-state index contributed by atoms with van der Waals surface area (Å²) >= 11 is 0. The van der Waals surface area contributed by atoms with Crippen molar-refractivity contribution in [3.63, 3.8) is 0 Å². The summed E-state index contributed by atoms with van der Waals surface area (Å²) in [7, 11) is 0. The van der Waals surface area contributed by atoms with Gasteiger partial charge in [0, 0.05) is 17.3 Å². The predicted molar refractivity (Wildman–Crippen MR) is 105 cm³/mol. The van der Waals surface area contributed by atoms with E-state index in [1.807, 2.05) is 48.5 Å². The molecule has 3 aliphatic rings. The van der Waals surface area contributed by atoms with Gasteiger partial charge >= 0.3 is 0 Å². The molecule has 0 aromatic heterocycles. The minimum Gasteiger partial charge on any atom is -0.454 e. The fourth-order valence-corrected chi connectivity index (χ4v) is 4.43. The molecule has 0 radical (unpaired) electrons. The first-order valence-electron chi connectivity index (χ1n) is 10.1. The van der Waals surface area contributed by atoms with Gasteiger partial charge in [-0.15, -0.1) is 0 Å². The molecule has 1 atom stereocenters. The van der Waals surface area contributed by atoms with Gasteiger partial charge < -0.3 is 29.2 Å². The van der Waals surface area contributed by atoms with E-state index in [0.717, 1.165) is 31.5 Å². The van der Waals surface area contributed by atoms with Crippen molar-refractivity contribution in [1.82, 2.24) is 0 Å². The molecule has 0 aliphatic carbocycles. The normalized spacial score (nSPS) is 21.2. The van der Waals surface area contributed by atoms with Crippen LogP contribution in [0.5, 0.6) is 11.5 Å². The van der Waals surface area contributed by atoms with Gasteiger partial charge in [-0.2, -0.15) is 0 Å². The molecule has 2 saturated heterocycles. The highest BCUT2D eigenvalue weighted by Gasteiger charge is 2.45. The quantitative estimate of drug-likeness (QED) is 0.819. The second-order valence-corrected chi connectivity index (χ2v) is 7.67. The van der Waals surface area contributed by atoms with Crippen LogP contribution in [0.25, 0.3) is 0 Å². The first kappa shape index (κ1) is 18.4. The van der Waals surface area contributed by atoms with Crippen molar-refractivity contribution in [1.29, 1.82) is 0 Å². The van der Waals surface area contributed by atoms with Crippen molar-refractivity contribution >= 4 is 11.6 Å². The largest absolute Gasteiger partial charge is 0.454 e. The molecule has 7 heteroatoms. The number of benzene rings is 2. The highest BCUT2D eigenvalue weighted by Crippen LogP contribution is 2.34. The molecular weight excluding hydrogens is 372 g/mol. The lowest BCUT2D eigenvalue weighted by Crippen LogP contribution is -3.15. The maximum Gasteiger partial charge on any atom is 0.287 e. The third kappa shape index (κ3) is 3.69. The van der Waals surface area contributed by atoms with E-state index >= 15 is 0 Å². The van der Waals surface area contributed by atoms with E-state index in [-0.39, 0.29) is 18.7 Å². The molecule has 1 amide bonds. The van der Waals surface area contributed by atoms with Crippen LogP contribution in [0.15, 0.2) is 48.5 Å². The van der Waals surface area contributed by atoms with Crippen LogP contribution in [0.2, 0.25) is 0 Å². The van der Waals surface area contributed by atoms with Gasteiger partial charge in [-0.05, 0) is 12.1 Å². The Morgan fingerprint density at radius 3 is 2.45 bits per heavy atom. The zero-order valence-corrected chi connectivity index (χ0v) is 16.2. The van der Waals surface area contributed by atoms with Gasteiger partial charge in [-0.3, -0.25) is 4.79 Å². The third-order valence-corrected chi connectivity index (χ3v) is 5.91. The first-order valence-corrected chi connectivity index (χ1v) is 10.1. The maximum absolute atomic E-state index is 13.4. The zero-order valence-electron chi connectivity index (χ0n) is 16.2. The fourth-order valence-electron chi connectivity index (χ4n) is 4.43. The summed E-state index contributed by atoms with van der Waals surface area (Å²) in [5, 5.41) is 3.07. The lowest BCUT2D eigenvalue weighted by Gasteiger charge is -2.38. The molecule has 152 valence electrons. The number of quaternary nitrogens is 1. The predicted octanol–water partition coefficient (Wildman–Crippen LogP) is 1.52. The van der Waals surface area contributed by atoms with Crippen molar-refractivity contribution in [2.45, 2.75) is 24.7 Å².